The van der Waals surface area contributed by atoms with E-state index in [-0.39, 0.29) is 0 Å². The van der Waals surface area contributed by atoms with Gasteiger partial charge in [0.15, 0.2) is 6.29 Å². The van der Waals surface area contributed by atoms with Crippen LogP contribution >= 0.6 is 0 Å². The fourth-order valence-electron chi connectivity index (χ4n) is 0.412. The molecule has 0 spiro atoms. The van der Waals surface area contributed by atoms with Gasteiger partial charge in [0.1, 0.15) is 6.23 Å². The molecule has 1 radical (unpaired) electrons. The lowest BCUT2D eigenvalue weighted by Crippen LogP contribution is -2.30. The molecule has 0 saturated carbocycles. The Morgan fingerprint density at radius 3 is 2.56 bits per heavy atom. The highest BCUT2D eigenvalue weighted by Crippen LogP contribution is 1.88. The van der Waals surface area contributed by atoms with E-state index in [2.05, 4.69) is 10.1 Å². The van der Waals surface area contributed by atoms with E-state index in [1.807, 2.05) is 0 Å². The Morgan fingerprint density at radius 1 is 1.67 bits per heavy atom. The number of aliphatic hydroxyl groups excluding tert-OH is 1. The normalized spacial score (nSPS) is 16.3. The number of aliphatic hydroxyl groups is 1. The highest BCUT2D eigenvalue weighted by atomic mass is 16.6. The summed E-state index contributed by atoms with van der Waals surface area (Å²) in [5, 5.41) is 10.7. The Morgan fingerprint density at radius 2 is 2.22 bits per heavy atom. The summed E-state index contributed by atoms with van der Waals surface area (Å²) in [7, 11) is 0. The molecule has 0 aliphatic rings. The van der Waals surface area contributed by atoms with Crippen molar-refractivity contribution < 1.29 is 14.6 Å². The third-order valence-electron chi connectivity index (χ3n) is 0.663. The van der Waals surface area contributed by atoms with Crippen LogP contribution in [-0.2, 0) is 9.53 Å². The van der Waals surface area contributed by atoms with Crippen molar-refractivity contribution >= 4 is 6.41 Å². The highest BCUT2D eigenvalue weighted by molar-refractivity contribution is 5.47. The minimum atomic E-state index is -0.860. The average Bonchev–Trinajstić information content (AvgIpc) is 1.63. The van der Waals surface area contributed by atoms with Crippen LogP contribution < -0.4 is 5.32 Å². The fourth-order valence-corrected chi connectivity index (χ4v) is 0.412. The van der Waals surface area contributed by atoms with Crippen molar-refractivity contribution in [3.8, 4) is 0 Å². The number of rotatable bonds is 4. The molecule has 0 aliphatic heterocycles. The molecule has 1 amide bonds. The first kappa shape index (κ1) is 8.39. The summed E-state index contributed by atoms with van der Waals surface area (Å²) in [5.41, 5.74) is 0. The molecule has 4 nitrogen and oxygen atoms in total. The Bertz CT molecular complexity index is 84.3. The Balaban J connectivity index is 3.25. The molecular weight excluding hydrogens is 122 g/mol. The van der Waals surface area contributed by atoms with Gasteiger partial charge < -0.3 is 15.2 Å². The maximum atomic E-state index is 9.60. The van der Waals surface area contributed by atoms with Gasteiger partial charge in [-0.25, -0.2) is 0 Å². The minimum Gasteiger partial charge on any atom is -0.368 e. The first-order valence-electron chi connectivity index (χ1n) is 2.63. The predicted molar refractivity (Wildman–Crippen MR) is 31.1 cm³/mol. The molecule has 0 aromatic carbocycles. The second-order valence-corrected chi connectivity index (χ2v) is 1.62. The van der Waals surface area contributed by atoms with Crippen LogP contribution in [0.5, 0.6) is 0 Å². The zero-order valence-electron chi connectivity index (χ0n) is 5.42. The monoisotopic (exact) mass is 132 g/mol. The molecule has 53 valence electrons. The van der Waals surface area contributed by atoms with E-state index in [0.717, 1.165) is 0 Å². The van der Waals surface area contributed by atoms with Crippen molar-refractivity contribution in [1.29, 1.82) is 0 Å². The van der Waals surface area contributed by atoms with E-state index in [0.29, 0.717) is 0 Å². The lowest BCUT2D eigenvalue weighted by atomic mass is 10.6. The summed E-state index contributed by atoms with van der Waals surface area (Å²) < 4.78 is 4.67. The van der Waals surface area contributed by atoms with E-state index in [4.69, 9.17) is 5.11 Å². The van der Waals surface area contributed by atoms with Gasteiger partial charge in [-0.3, -0.25) is 4.79 Å². The van der Waals surface area contributed by atoms with Crippen molar-refractivity contribution in [2.24, 2.45) is 0 Å². The minimum absolute atomic E-state index is 0.484. The molecule has 2 unspecified atom stereocenters. The van der Waals surface area contributed by atoms with Crippen LogP contribution in [0.4, 0.5) is 0 Å². The van der Waals surface area contributed by atoms with Crippen LogP contribution in [0.15, 0.2) is 0 Å². The van der Waals surface area contributed by atoms with Crippen LogP contribution in [-0.4, -0.2) is 24.0 Å². The van der Waals surface area contributed by atoms with Crippen LogP contribution in [0, 0.1) is 0 Å². The number of hydrogen-bond acceptors (Lipinski definition) is 3. The first-order chi connectivity index (χ1) is 4.16. The van der Waals surface area contributed by atoms with Gasteiger partial charge in [-0.15, -0.1) is 0 Å². The van der Waals surface area contributed by atoms with Gasteiger partial charge >= 0.3 is 6.41 Å². The van der Waals surface area contributed by atoms with Crippen LogP contribution in [0.1, 0.15) is 13.8 Å². The van der Waals surface area contributed by atoms with E-state index >= 15 is 0 Å². The fraction of sp³-hybridized carbons (Fsp3) is 0.800. The van der Waals surface area contributed by atoms with Crippen molar-refractivity contribution in [3.05, 3.63) is 0 Å². The molecule has 0 saturated heterocycles. The summed E-state index contributed by atoms with van der Waals surface area (Å²) in [6.45, 7) is 3.06. The van der Waals surface area contributed by atoms with Crippen LogP contribution in [0.25, 0.3) is 0 Å². The number of hydrogen-bond donors (Lipinski definition) is 2. The van der Waals surface area contributed by atoms with Gasteiger partial charge in [0.25, 0.3) is 0 Å². The van der Waals surface area contributed by atoms with Gasteiger partial charge in [-0.1, -0.05) is 0 Å². The molecule has 0 bridgehead atoms. The smallest absolute Gasteiger partial charge is 0.311 e. The molecular formula is C5H10NO3. The second-order valence-electron chi connectivity index (χ2n) is 1.62. The molecule has 2 N–H and O–H groups in total. The van der Waals surface area contributed by atoms with E-state index in [9.17, 15) is 4.79 Å². The van der Waals surface area contributed by atoms with Crippen molar-refractivity contribution in [2.45, 2.75) is 26.4 Å². The maximum absolute atomic E-state index is 9.60. The van der Waals surface area contributed by atoms with Crippen LogP contribution in [0.3, 0.4) is 0 Å². The molecule has 4 heteroatoms. The summed E-state index contributed by atoms with van der Waals surface area (Å²) in [6, 6.07) is 0. The quantitative estimate of drug-likeness (QED) is 0.394. The summed E-state index contributed by atoms with van der Waals surface area (Å²) in [5.74, 6) is 0. The summed E-state index contributed by atoms with van der Waals surface area (Å²) in [6.07, 6.45) is 0.0926. The predicted octanol–water partition coefficient (Wildman–Crippen LogP) is -0.656. The largest absolute Gasteiger partial charge is 0.368 e. The lowest BCUT2D eigenvalue weighted by molar-refractivity contribution is -0.122. The second kappa shape index (κ2) is 4.29. The molecule has 0 heterocycles. The van der Waals surface area contributed by atoms with E-state index in [1.54, 1.807) is 6.92 Å². The Hall–Kier alpha value is -0.610. The molecule has 0 aromatic rings. The molecule has 2 atom stereocenters. The molecule has 0 rings (SSSR count). The number of nitrogens with one attached hydrogen (secondary N) is 1. The zero-order chi connectivity index (χ0) is 7.28. The number of carbonyl (C=O) groups excluding carboxylic acids is 1. The highest BCUT2D eigenvalue weighted by Gasteiger charge is 2.01. The SMILES string of the molecule is CC(O)OC(C)N[C]=O. The number of amides is 1. The van der Waals surface area contributed by atoms with Gasteiger partial charge in [-0.2, -0.15) is 0 Å². The third kappa shape index (κ3) is 5.26. The first-order valence-corrected chi connectivity index (χ1v) is 2.63. The summed E-state index contributed by atoms with van der Waals surface area (Å²) in [4.78, 5) is 9.60. The third-order valence-corrected chi connectivity index (χ3v) is 0.663. The molecule has 9 heavy (non-hydrogen) atoms. The molecule has 0 aromatic heterocycles. The Labute approximate surface area is 53.8 Å². The maximum Gasteiger partial charge on any atom is 0.311 e. The summed E-state index contributed by atoms with van der Waals surface area (Å²) >= 11 is 0. The molecule has 0 aliphatic carbocycles. The average molecular weight is 132 g/mol. The van der Waals surface area contributed by atoms with Crippen molar-refractivity contribution in [1.82, 2.24) is 5.32 Å². The number of ether oxygens (including phenoxy) is 1. The zero-order valence-corrected chi connectivity index (χ0v) is 5.42. The Kier molecular flexibility index (Phi) is 4.00. The van der Waals surface area contributed by atoms with Crippen molar-refractivity contribution in [3.63, 3.8) is 0 Å². The van der Waals surface area contributed by atoms with Gasteiger partial charge in [-0.05, 0) is 13.8 Å². The van der Waals surface area contributed by atoms with E-state index in [1.165, 1.54) is 13.3 Å². The van der Waals surface area contributed by atoms with Crippen LogP contribution in [0.2, 0.25) is 0 Å². The van der Waals surface area contributed by atoms with E-state index < -0.39 is 12.5 Å². The van der Waals surface area contributed by atoms with Gasteiger partial charge in [0.05, 0.1) is 0 Å². The van der Waals surface area contributed by atoms with Crippen molar-refractivity contribution in [2.75, 3.05) is 0 Å². The van der Waals surface area contributed by atoms with Gasteiger partial charge in [0, 0.05) is 0 Å². The van der Waals surface area contributed by atoms with Gasteiger partial charge in [0.2, 0.25) is 0 Å². The lowest BCUT2D eigenvalue weighted by Gasteiger charge is -2.12. The topological polar surface area (TPSA) is 58.6 Å². The molecule has 0 fully saturated rings. The standard InChI is InChI=1S/C5H10NO3/c1-4(6-3-7)9-5(2)8/h4-5,8H,1-2H3,(H,6,7).